The summed E-state index contributed by atoms with van der Waals surface area (Å²) in [7, 11) is 0. The van der Waals surface area contributed by atoms with Gasteiger partial charge in [-0.1, -0.05) is 23.9 Å². The van der Waals surface area contributed by atoms with Crippen LogP contribution >= 0.6 is 23.1 Å². The maximum absolute atomic E-state index is 12.3. The highest BCUT2D eigenvalue weighted by molar-refractivity contribution is 7.99. The number of aromatic nitrogens is 4. The van der Waals surface area contributed by atoms with Crippen molar-refractivity contribution < 1.29 is 0 Å². The molecule has 0 saturated carbocycles. The number of fused-ring (bicyclic) bond motifs is 2. The second-order valence-electron chi connectivity index (χ2n) is 5.87. The van der Waals surface area contributed by atoms with E-state index in [0.29, 0.717) is 16.7 Å². The molecule has 126 valence electrons. The summed E-state index contributed by atoms with van der Waals surface area (Å²) < 4.78 is 0. The molecule has 7 heteroatoms. The molecule has 4 rings (SSSR count). The maximum atomic E-state index is 12.3. The fourth-order valence-electron chi connectivity index (χ4n) is 2.76. The minimum absolute atomic E-state index is 0.0324. The molecule has 0 aliphatic heterocycles. The van der Waals surface area contributed by atoms with Crippen molar-refractivity contribution in [3.8, 4) is 0 Å². The van der Waals surface area contributed by atoms with Gasteiger partial charge >= 0.3 is 0 Å². The van der Waals surface area contributed by atoms with E-state index in [0.717, 1.165) is 15.2 Å². The van der Waals surface area contributed by atoms with Crippen molar-refractivity contribution in [2.45, 2.75) is 31.0 Å². The van der Waals surface area contributed by atoms with E-state index >= 15 is 0 Å². The fraction of sp³-hybridized carbons (Fsp3) is 0.222. The zero-order chi connectivity index (χ0) is 17.6. The van der Waals surface area contributed by atoms with E-state index in [-0.39, 0.29) is 10.8 Å². The Morgan fingerprint density at radius 1 is 1.20 bits per heavy atom. The van der Waals surface area contributed by atoms with Gasteiger partial charge in [0.25, 0.3) is 5.56 Å². The second kappa shape index (κ2) is 6.24. The number of aromatic amines is 1. The van der Waals surface area contributed by atoms with Crippen molar-refractivity contribution in [1.29, 1.82) is 0 Å². The summed E-state index contributed by atoms with van der Waals surface area (Å²) in [4.78, 5) is 30.9. The first kappa shape index (κ1) is 16.2. The molecular formula is C18H16N4OS2. The smallest absolute Gasteiger partial charge is 0.258 e. The lowest BCUT2D eigenvalue weighted by atomic mass is 10.2. The van der Waals surface area contributed by atoms with Crippen molar-refractivity contribution >= 4 is 44.2 Å². The summed E-state index contributed by atoms with van der Waals surface area (Å²) in [6, 6.07) is 7.38. The van der Waals surface area contributed by atoms with Crippen LogP contribution in [0.25, 0.3) is 21.1 Å². The number of hydrogen-bond donors (Lipinski definition) is 1. The predicted molar refractivity (Wildman–Crippen MR) is 104 cm³/mol. The minimum Gasteiger partial charge on any atom is -0.309 e. The molecule has 3 heterocycles. The van der Waals surface area contributed by atoms with E-state index in [1.807, 2.05) is 25.1 Å². The molecule has 0 saturated heterocycles. The van der Waals surface area contributed by atoms with Gasteiger partial charge in [0.2, 0.25) is 0 Å². The molecule has 3 aromatic heterocycles. The molecule has 0 spiro atoms. The molecule has 5 nitrogen and oxygen atoms in total. The number of para-hydroxylation sites is 1. The number of nitrogens with one attached hydrogen (secondary N) is 1. The zero-order valence-electron chi connectivity index (χ0n) is 14.0. The van der Waals surface area contributed by atoms with Gasteiger partial charge in [0.05, 0.1) is 16.2 Å². The Labute approximate surface area is 152 Å². The average molecular weight is 368 g/mol. The highest BCUT2D eigenvalue weighted by atomic mass is 32.2. The number of nitrogens with zero attached hydrogens (tertiary/aromatic N) is 3. The van der Waals surface area contributed by atoms with Crippen LogP contribution in [0.2, 0.25) is 0 Å². The number of hydrogen-bond acceptors (Lipinski definition) is 6. The van der Waals surface area contributed by atoms with Crippen LogP contribution in [-0.4, -0.2) is 19.9 Å². The quantitative estimate of drug-likeness (QED) is 0.429. The predicted octanol–water partition coefficient (Wildman–Crippen LogP) is 4.40. The van der Waals surface area contributed by atoms with Gasteiger partial charge in [-0.25, -0.2) is 15.0 Å². The van der Waals surface area contributed by atoms with E-state index in [4.69, 9.17) is 0 Å². The number of aryl methyl sites for hydroxylation is 2. The summed E-state index contributed by atoms with van der Waals surface area (Å²) >= 11 is 3.28. The van der Waals surface area contributed by atoms with Crippen LogP contribution in [-0.2, 0) is 0 Å². The molecule has 4 aromatic rings. The van der Waals surface area contributed by atoms with Crippen molar-refractivity contribution in [3.63, 3.8) is 0 Å². The monoisotopic (exact) mass is 368 g/mol. The molecule has 25 heavy (non-hydrogen) atoms. The van der Waals surface area contributed by atoms with Gasteiger partial charge in [0.1, 0.15) is 22.0 Å². The Balaban J connectivity index is 1.76. The molecule has 0 radical (unpaired) electrons. The van der Waals surface area contributed by atoms with Gasteiger partial charge in [-0.05, 0) is 38.5 Å². The second-order valence-corrected chi connectivity index (χ2v) is 8.40. The van der Waals surface area contributed by atoms with Crippen molar-refractivity contribution in [1.82, 2.24) is 19.9 Å². The Bertz CT molecular complexity index is 1150. The molecule has 0 amide bonds. The Kier molecular flexibility index (Phi) is 4.05. The number of benzene rings is 1. The van der Waals surface area contributed by atoms with Gasteiger partial charge in [-0.3, -0.25) is 4.79 Å². The van der Waals surface area contributed by atoms with Crippen LogP contribution in [0.15, 0.2) is 40.4 Å². The summed E-state index contributed by atoms with van der Waals surface area (Å²) in [6.07, 6.45) is 1.60. The van der Waals surface area contributed by atoms with Gasteiger partial charge in [0.15, 0.2) is 0 Å². The Hall–Kier alpha value is -2.25. The molecule has 0 unspecified atom stereocenters. The SMILES string of the molecule is Cc1sc2ncnc(S[C@H](C)c3nc4ccccc4c(=O)[nH]3)c2c1C. The first-order valence-electron chi connectivity index (χ1n) is 7.91. The zero-order valence-corrected chi connectivity index (χ0v) is 15.7. The van der Waals surface area contributed by atoms with Crippen molar-refractivity contribution in [2.75, 3.05) is 0 Å². The van der Waals surface area contributed by atoms with Crippen LogP contribution in [0.1, 0.15) is 28.4 Å². The first-order chi connectivity index (χ1) is 12.0. The Morgan fingerprint density at radius 3 is 2.84 bits per heavy atom. The average Bonchev–Trinajstić information content (AvgIpc) is 2.90. The third kappa shape index (κ3) is 2.83. The molecule has 0 aliphatic rings. The first-order valence-corrected chi connectivity index (χ1v) is 9.60. The minimum atomic E-state index is -0.108. The number of rotatable bonds is 3. The summed E-state index contributed by atoms with van der Waals surface area (Å²) in [6.45, 7) is 6.23. The summed E-state index contributed by atoms with van der Waals surface area (Å²) in [5.74, 6) is 0.657. The fourth-order valence-corrected chi connectivity index (χ4v) is 4.85. The normalized spacial score (nSPS) is 12.8. The highest BCUT2D eigenvalue weighted by Crippen LogP contribution is 2.39. The largest absolute Gasteiger partial charge is 0.309 e. The van der Waals surface area contributed by atoms with E-state index in [2.05, 4.69) is 33.8 Å². The number of thioether (sulfide) groups is 1. The lowest BCUT2D eigenvalue weighted by Gasteiger charge is -2.11. The van der Waals surface area contributed by atoms with E-state index < -0.39 is 0 Å². The standard InChI is InChI=1S/C18H16N4OS2/c1-9-10(2)24-17-14(9)18(20-8-19-17)25-11(3)15-21-13-7-5-4-6-12(13)16(23)22-15/h4-8,11H,1-3H3,(H,21,22,23)/t11-/m1/s1. The topological polar surface area (TPSA) is 71.5 Å². The lowest BCUT2D eigenvalue weighted by molar-refractivity contribution is 0.919. The summed E-state index contributed by atoms with van der Waals surface area (Å²) in [5, 5.41) is 2.60. The summed E-state index contributed by atoms with van der Waals surface area (Å²) in [5.41, 5.74) is 1.82. The van der Waals surface area contributed by atoms with Gasteiger partial charge in [0, 0.05) is 10.3 Å². The van der Waals surface area contributed by atoms with Crippen LogP contribution in [0.5, 0.6) is 0 Å². The maximum Gasteiger partial charge on any atom is 0.258 e. The molecule has 0 bridgehead atoms. The van der Waals surface area contributed by atoms with Crippen LogP contribution in [0.4, 0.5) is 0 Å². The highest BCUT2D eigenvalue weighted by Gasteiger charge is 2.18. The van der Waals surface area contributed by atoms with Crippen LogP contribution in [0.3, 0.4) is 0 Å². The third-order valence-electron chi connectivity index (χ3n) is 4.24. The third-order valence-corrected chi connectivity index (χ3v) is 6.46. The van der Waals surface area contributed by atoms with Crippen LogP contribution in [0, 0.1) is 13.8 Å². The van der Waals surface area contributed by atoms with E-state index in [9.17, 15) is 4.79 Å². The number of thiophene rings is 1. The van der Waals surface area contributed by atoms with E-state index in [1.54, 1.807) is 35.5 Å². The molecular weight excluding hydrogens is 352 g/mol. The molecule has 1 aromatic carbocycles. The molecule has 1 N–H and O–H groups in total. The molecule has 0 fully saturated rings. The lowest BCUT2D eigenvalue weighted by Crippen LogP contribution is -2.12. The molecule has 0 aliphatic carbocycles. The number of H-pyrrole nitrogens is 1. The van der Waals surface area contributed by atoms with Crippen molar-refractivity contribution in [2.24, 2.45) is 0 Å². The van der Waals surface area contributed by atoms with Gasteiger partial charge in [-0.15, -0.1) is 11.3 Å². The van der Waals surface area contributed by atoms with Gasteiger partial charge < -0.3 is 4.98 Å². The van der Waals surface area contributed by atoms with E-state index in [1.165, 1.54) is 10.4 Å². The Morgan fingerprint density at radius 2 is 2.00 bits per heavy atom. The van der Waals surface area contributed by atoms with Crippen molar-refractivity contribution in [3.05, 3.63) is 57.2 Å². The molecule has 1 atom stereocenters. The van der Waals surface area contributed by atoms with Gasteiger partial charge in [-0.2, -0.15) is 0 Å². The van der Waals surface area contributed by atoms with Crippen LogP contribution < -0.4 is 5.56 Å².